The van der Waals surface area contributed by atoms with E-state index in [0.29, 0.717) is 23.6 Å². The number of aromatic amines is 1. The maximum atomic E-state index is 12.8. The van der Waals surface area contributed by atoms with Gasteiger partial charge in [-0.3, -0.25) is 14.3 Å². The predicted octanol–water partition coefficient (Wildman–Crippen LogP) is 2.21. The summed E-state index contributed by atoms with van der Waals surface area (Å²) < 4.78 is 7.30. The van der Waals surface area contributed by atoms with Crippen LogP contribution in [0.15, 0.2) is 53.3 Å². The third-order valence-corrected chi connectivity index (χ3v) is 5.33. The van der Waals surface area contributed by atoms with Gasteiger partial charge in [-0.2, -0.15) is 0 Å². The van der Waals surface area contributed by atoms with E-state index in [1.807, 2.05) is 43.3 Å². The van der Waals surface area contributed by atoms with Gasteiger partial charge in [-0.1, -0.05) is 36.4 Å². The molecular formula is C21H22N3O3S+. The lowest BCUT2D eigenvalue weighted by atomic mass is 9.90. The van der Waals surface area contributed by atoms with E-state index in [-0.39, 0.29) is 22.3 Å². The van der Waals surface area contributed by atoms with E-state index in [1.165, 1.54) is 10.1 Å². The molecule has 1 aliphatic heterocycles. The number of nitrogens with one attached hydrogen (secondary N) is 1. The van der Waals surface area contributed by atoms with Crippen LogP contribution in [0.25, 0.3) is 5.69 Å². The fraction of sp³-hybridized carbons (Fsp3) is 0.238. The van der Waals surface area contributed by atoms with Crippen LogP contribution in [0.3, 0.4) is 0 Å². The summed E-state index contributed by atoms with van der Waals surface area (Å²) in [5.74, 6) is 0.432. The summed E-state index contributed by atoms with van der Waals surface area (Å²) in [6, 6.07) is 15.0. The Bertz CT molecular complexity index is 1140. The highest BCUT2D eigenvalue weighted by Gasteiger charge is 2.31. The first-order valence-electron chi connectivity index (χ1n) is 9.33. The van der Waals surface area contributed by atoms with Crippen LogP contribution in [0.5, 0.6) is 11.6 Å². The molecule has 1 atom stereocenters. The Kier molecular flexibility index (Phi) is 5.02. The van der Waals surface area contributed by atoms with E-state index in [0.717, 1.165) is 18.5 Å². The van der Waals surface area contributed by atoms with Crippen molar-refractivity contribution in [2.45, 2.75) is 19.4 Å². The Labute approximate surface area is 167 Å². The highest BCUT2D eigenvalue weighted by atomic mass is 32.1. The number of aromatic hydroxyl groups is 1. The Morgan fingerprint density at radius 2 is 2.00 bits per heavy atom. The molecule has 0 radical (unpaired) electrons. The summed E-state index contributed by atoms with van der Waals surface area (Å²) in [4.78, 5) is 15.5. The SMILES string of the molecule is CCOc1ccccc1-n1c(O)c([C@@H]2[NH2+]CCc3ccccc32)c(=O)[nH]c1=S. The first-order chi connectivity index (χ1) is 13.6. The molecule has 6 nitrogen and oxygen atoms in total. The molecule has 1 aromatic heterocycles. The molecule has 144 valence electrons. The van der Waals surface area contributed by atoms with Gasteiger partial charge >= 0.3 is 0 Å². The molecule has 4 rings (SSSR count). The predicted molar refractivity (Wildman–Crippen MR) is 109 cm³/mol. The van der Waals surface area contributed by atoms with Crippen molar-refractivity contribution in [1.29, 1.82) is 0 Å². The van der Waals surface area contributed by atoms with Gasteiger partial charge in [0.25, 0.3) is 5.56 Å². The average molecular weight is 396 g/mol. The maximum absolute atomic E-state index is 12.8. The molecule has 0 aliphatic carbocycles. The van der Waals surface area contributed by atoms with E-state index in [2.05, 4.69) is 16.4 Å². The van der Waals surface area contributed by atoms with Crippen LogP contribution in [0.2, 0.25) is 0 Å². The number of rotatable bonds is 4. The van der Waals surface area contributed by atoms with Crippen molar-refractivity contribution in [3.63, 3.8) is 0 Å². The van der Waals surface area contributed by atoms with Gasteiger partial charge in [0.05, 0.1) is 18.8 Å². The molecule has 0 unspecified atom stereocenters. The van der Waals surface area contributed by atoms with Crippen LogP contribution in [0.4, 0.5) is 0 Å². The molecule has 2 heterocycles. The summed E-state index contributed by atoms with van der Waals surface area (Å²) >= 11 is 5.37. The van der Waals surface area contributed by atoms with Crippen LogP contribution in [-0.4, -0.2) is 27.8 Å². The normalized spacial score (nSPS) is 15.8. The average Bonchev–Trinajstić information content (AvgIpc) is 2.69. The monoisotopic (exact) mass is 396 g/mol. The first kappa shape index (κ1) is 18.5. The summed E-state index contributed by atoms with van der Waals surface area (Å²) in [6.07, 6.45) is 0.928. The smallest absolute Gasteiger partial charge is 0.265 e. The van der Waals surface area contributed by atoms with Crippen molar-refractivity contribution in [2.24, 2.45) is 0 Å². The van der Waals surface area contributed by atoms with Crippen LogP contribution < -0.4 is 15.6 Å². The lowest BCUT2D eigenvalue weighted by Crippen LogP contribution is -2.87. The lowest BCUT2D eigenvalue weighted by Gasteiger charge is -2.25. The van der Waals surface area contributed by atoms with E-state index >= 15 is 0 Å². The first-order valence-corrected chi connectivity index (χ1v) is 9.74. The number of benzene rings is 2. The quantitative estimate of drug-likeness (QED) is 0.591. The minimum Gasteiger partial charge on any atom is -0.494 e. The van der Waals surface area contributed by atoms with Gasteiger partial charge in [-0.15, -0.1) is 0 Å². The summed E-state index contributed by atoms with van der Waals surface area (Å²) in [5.41, 5.74) is 2.75. The maximum Gasteiger partial charge on any atom is 0.265 e. The van der Waals surface area contributed by atoms with Crippen LogP contribution in [-0.2, 0) is 6.42 Å². The second kappa shape index (κ2) is 7.61. The number of fused-ring (bicyclic) bond motifs is 1. The van der Waals surface area contributed by atoms with Crippen LogP contribution in [0, 0.1) is 4.77 Å². The number of nitrogens with two attached hydrogens (primary N) is 1. The Morgan fingerprint density at radius 3 is 2.82 bits per heavy atom. The second-order valence-corrected chi connectivity index (χ2v) is 7.07. The largest absolute Gasteiger partial charge is 0.494 e. The molecule has 7 heteroatoms. The fourth-order valence-corrected chi connectivity index (χ4v) is 4.11. The van der Waals surface area contributed by atoms with Gasteiger partial charge in [0.2, 0.25) is 5.88 Å². The van der Waals surface area contributed by atoms with Gasteiger partial charge in [0, 0.05) is 12.0 Å². The number of H-pyrrole nitrogens is 1. The van der Waals surface area contributed by atoms with E-state index in [4.69, 9.17) is 17.0 Å². The molecule has 28 heavy (non-hydrogen) atoms. The van der Waals surface area contributed by atoms with Crippen LogP contribution in [0.1, 0.15) is 29.7 Å². The highest BCUT2D eigenvalue weighted by molar-refractivity contribution is 7.71. The van der Waals surface area contributed by atoms with Crippen molar-refractivity contribution in [1.82, 2.24) is 9.55 Å². The molecule has 0 saturated heterocycles. The fourth-order valence-electron chi connectivity index (χ4n) is 3.83. The van der Waals surface area contributed by atoms with Gasteiger partial charge in [-0.05, 0) is 36.8 Å². The number of nitrogens with zero attached hydrogens (tertiary/aromatic N) is 1. The van der Waals surface area contributed by atoms with E-state index < -0.39 is 0 Å². The minimum atomic E-state index is -0.370. The van der Waals surface area contributed by atoms with E-state index in [1.54, 1.807) is 6.07 Å². The molecule has 0 fully saturated rings. The molecule has 4 N–H and O–H groups in total. The molecule has 1 aliphatic rings. The molecule has 0 amide bonds. The van der Waals surface area contributed by atoms with Crippen molar-refractivity contribution in [3.05, 3.63) is 80.3 Å². The molecule has 0 bridgehead atoms. The van der Waals surface area contributed by atoms with Crippen molar-refractivity contribution >= 4 is 12.2 Å². The minimum absolute atomic E-state index is 0.127. The molecule has 0 spiro atoms. The van der Waals surface area contributed by atoms with Crippen molar-refractivity contribution in [2.75, 3.05) is 13.2 Å². The Morgan fingerprint density at radius 1 is 1.25 bits per heavy atom. The van der Waals surface area contributed by atoms with Gasteiger partial charge < -0.3 is 15.2 Å². The Hall–Kier alpha value is -2.90. The molecular weight excluding hydrogens is 374 g/mol. The van der Waals surface area contributed by atoms with Gasteiger partial charge in [-0.25, -0.2) is 0 Å². The standard InChI is InChI=1S/C21H21N3O3S/c1-2-27-16-10-6-5-9-15(16)24-20(26)17(19(25)23-21(24)28)18-14-8-4-3-7-13(14)11-12-22-18/h3-10,18,22,26H,2,11-12H2,1H3,(H,23,25,28)/p+1/t18-/m1/s1. The zero-order chi connectivity index (χ0) is 19.7. The summed E-state index contributed by atoms with van der Waals surface area (Å²) in [5, 5.41) is 13.3. The molecule has 0 saturated carbocycles. The summed E-state index contributed by atoms with van der Waals surface area (Å²) in [7, 11) is 0. The zero-order valence-corrected chi connectivity index (χ0v) is 16.3. The summed E-state index contributed by atoms with van der Waals surface area (Å²) in [6.45, 7) is 3.21. The molecule has 3 aromatic rings. The highest BCUT2D eigenvalue weighted by Crippen LogP contribution is 2.32. The number of para-hydroxylation sites is 2. The third kappa shape index (κ3) is 3.12. The number of hydrogen-bond donors (Lipinski definition) is 3. The molecule has 2 aromatic carbocycles. The van der Waals surface area contributed by atoms with Crippen molar-refractivity contribution in [3.8, 4) is 17.3 Å². The zero-order valence-electron chi connectivity index (χ0n) is 15.5. The second-order valence-electron chi connectivity index (χ2n) is 6.68. The number of hydrogen-bond acceptors (Lipinski definition) is 4. The van der Waals surface area contributed by atoms with Crippen LogP contribution >= 0.6 is 12.2 Å². The number of quaternary nitrogens is 1. The third-order valence-electron chi connectivity index (χ3n) is 5.04. The van der Waals surface area contributed by atoms with Gasteiger partial charge in [0.1, 0.15) is 17.4 Å². The van der Waals surface area contributed by atoms with Crippen molar-refractivity contribution < 1.29 is 15.2 Å². The number of aromatic nitrogens is 2. The van der Waals surface area contributed by atoms with E-state index in [9.17, 15) is 9.90 Å². The lowest BCUT2D eigenvalue weighted by molar-refractivity contribution is -0.690. The topological polar surface area (TPSA) is 83.9 Å². The van der Waals surface area contributed by atoms with Gasteiger partial charge in [0.15, 0.2) is 4.77 Å². The Balaban J connectivity index is 1.95. The number of ether oxygens (including phenoxy) is 1.